The van der Waals surface area contributed by atoms with Crippen LogP contribution in [0, 0.1) is 6.92 Å². The second-order valence-corrected chi connectivity index (χ2v) is 5.87. The minimum atomic E-state index is -0.591. The van der Waals surface area contributed by atoms with E-state index >= 15 is 0 Å². The van der Waals surface area contributed by atoms with Crippen LogP contribution >= 0.6 is 12.2 Å². The predicted molar refractivity (Wildman–Crippen MR) is 80.5 cm³/mol. The molecule has 20 heavy (non-hydrogen) atoms. The summed E-state index contributed by atoms with van der Waals surface area (Å²) in [6.45, 7) is 1.74. The number of amides is 1. The number of nitrogens with one attached hydrogen (secondary N) is 1. The molecule has 1 fully saturated rings. The fraction of sp³-hybridized carbons (Fsp3) is 0.643. The van der Waals surface area contributed by atoms with Crippen LogP contribution in [0.25, 0.3) is 0 Å². The Kier molecular flexibility index (Phi) is 4.75. The van der Waals surface area contributed by atoms with Crippen molar-refractivity contribution in [1.29, 1.82) is 0 Å². The number of thiocarbonyl (C=S) groups is 1. The zero-order valence-electron chi connectivity index (χ0n) is 11.8. The van der Waals surface area contributed by atoms with Crippen LogP contribution in [0.5, 0.6) is 0 Å². The maximum atomic E-state index is 12.3. The molecule has 0 aliphatic heterocycles. The van der Waals surface area contributed by atoms with Gasteiger partial charge in [-0.25, -0.2) is 4.98 Å². The lowest BCUT2D eigenvalue weighted by atomic mass is 9.83. The summed E-state index contributed by atoms with van der Waals surface area (Å²) in [5.74, 6) is -0.0453. The van der Waals surface area contributed by atoms with Gasteiger partial charge in [0.1, 0.15) is 0 Å². The third kappa shape index (κ3) is 3.17. The first-order valence-corrected chi connectivity index (χ1v) is 7.48. The van der Waals surface area contributed by atoms with E-state index in [4.69, 9.17) is 22.4 Å². The molecule has 0 radical (unpaired) electrons. The van der Waals surface area contributed by atoms with Gasteiger partial charge < -0.3 is 15.5 Å². The van der Waals surface area contributed by atoms with Gasteiger partial charge >= 0.3 is 0 Å². The Hall–Kier alpha value is -1.43. The van der Waals surface area contributed by atoms with Crippen molar-refractivity contribution < 1.29 is 9.21 Å². The quantitative estimate of drug-likeness (QED) is 0.837. The number of hydrogen-bond donors (Lipinski definition) is 2. The Balaban J connectivity index is 2.17. The molecule has 1 aliphatic rings. The first-order chi connectivity index (χ1) is 9.55. The van der Waals surface area contributed by atoms with Crippen molar-refractivity contribution in [2.45, 2.75) is 57.4 Å². The molecule has 0 spiro atoms. The number of rotatable bonds is 3. The first kappa shape index (κ1) is 15.0. The van der Waals surface area contributed by atoms with Gasteiger partial charge in [-0.2, -0.15) is 0 Å². The number of oxazole rings is 1. The van der Waals surface area contributed by atoms with E-state index in [0.29, 0.717) is 10.7 Å². The van der Waals surface area contributed by atoms with Crippen molar-refractivity contribution in [1.82, 2.24) is 10.3 Å². The highest BCUT2D eigenvalue weighted by Gasteiger charge is 2.36. The summed E-state index contributed by atoms with van der Waals surface area (Å²) < 4.78 is 5.14. The van der Waals surface area contributed by atoms with E-state index in [0.717, 1.165) is 38.5 Å². The van der Waals surface area contributed by atoms with E-state index in [1.54, 1.807) is 6.92 Å². The summed E-state index contributed by atoms with van der Waals surface area (Å²) in [6, 6.07) is 0. The van der Waals surface area contributed by atoms with Crippen LogP contribution in [0.4, 0.5) is 0 Å². The summed E-state index contributed by atoms with van der Waals surface area (Å²) in [5.41, 5.74) is 5.92. The molecule has 1 heterocycles. The molecule has 1 aliphatic carbocycles. The largest absolute Gasteiger partial charge is 0.438 e. The number of carbonyl (C=O) groups excluding carboxylic acids is 1. The molecule has 0 saturated heterocycles. The summed E-state index contributed by atoms with van der Waals surface area (Å²) in [5, 5.41) is 3.00. The smallest absolute Gasteiger partial charge is 0.289 e. The standard InChI is InChI=1S/C14H21N3O2S/c1-10-11(19-9-16-10)12(18)17-14(13(15)20)7-5-3-2-4-6-8-14/h9H,2-8H2,1H3,(H2,15,20)(H,17,18). The third-order valence-corrected chi connectivity index (χ3v) is 4.37. The normalized spacial score (nSPS) is 18.9. The van der Waals surface area contributed by atoms with Gasteiger partial charge in [0.25, 0.3) is 5.91 Å². The minimum Gasteiger partial charge on any atom is -0.438 e. The zero-order chi connectivity index (χ0) is 14.6. The summed E-state index contributed by atoms with van der Waals surface area (Å²) in [7, 11) is 0. The SMILES string of the molecule is Cc1ncoc1C(=O)NC1(C(N)=S)CCCCCCC1. The molecule has 0 bridgehead atoms. The molecule has 1 saturated carbocycles. The maximum Gasteiger partial charge on any atom is 0.289 e. The van der Waals surface area contributed by atoms with Crippen molar-refractivity contribution in [3.8, 4) is 0 Å². The van der Waals surface area contributed by atoms with Crippen LogP contribution in [-0.4, -0.2) is 21.4 Å². The molecular weight excluding hydrogens is 274 g/mol. The first-order valence-electron chi connectivity index (χ1n) is 7.08. The molecule has 0 unspecified atom stereocenters. The van der Waals surface area contributed by atoms with Gasteiger partial charge in [0.05, 0.1) is 16.2 Å². The molecule has 3 N–H and O–H groups in total. The summed E-state index contributed by atoms with van der Waals surface area (Å²) in [6.07, 6.45) is 8.45. The van der Waals surface area contributed by atoms with E-state index in [2.05, 4.69) is 10.3 Å². The number of carbonyl (C=O) groups is 1. The third-order valence-electron chi connectivity index (χ3n) is 3.98. The van der Waals surface area contributed by atoms with Gasteiger partial charge in [-0.1, -0.05) is 44.3 Å². The minimum absolute atomic E-state index is 0.239. The fourth-order valence-electron chi connectivity index (χ4n) is 2.74. The van der Waals surface area contributed by atoms with E-state index < -0.39 is 5.54 Å². The zero-order valence-corrected chi connectivity index (χ0v) is 12.6. The van der Waals surface area contributed by atoms with Crippen molar-refractivity contribution >= 4 is 23.1 Å². The highest BCUT2D eigenvalue weighted by atomic mass is 32.1. The lowest BCUT2D eigenvalue weighted by Crippen LogP contribution is -2.57. The molecular formula is C14H21N3O2S. The molecule has 6 heteroatoms. The topological polar surface area (TPSA) is 81.2 Å². The second-order valence-electron chi connectivity index (χ2n) is 5.44. The van der Waals surface area contributed by atoms with Crippen LogP contribution in [0.1, 0.15) is 61.2 Å². The number of aryl methyl sites for hydroxylation is 1. The molecule has 0 atom stereocenters. The van der Waals surface area contributed by atoms with E-state index in [1.165, 1.54) is 12.8 Å². The molecule has 5 nitrogen and oxygen atoms in total. The average molecular weight is 295 g/mol. The van der Waals surface area contributed by atoms with Gasteiger partial charge in [0.15, 0.2) is 6.39 Å². The molecule has 1 amide bonds. The van der Waals surface area contributed by atoms with Gasteiger partial charge in [0, 0.05) is 0 Å². The van der Waals surface area contributed by atoms with Crippen molar-refractivity contribution in [3.63, 3.8) is 0 Å². The Morgan fingerprint density at radius 2 is 1.95 bits per heavy atom. The van der Waals surface area contributed by atoms with Gasteiger partial charge in [-0.3, -0.25) is 4.79 Å². The van der Waals surface area contributed by atoms with Crippen LogP contribution in [0.2, 0.25) is 0 Å². The van der Waals surface area contributed by atoms with Crippen molar-refractivity contribution in [3.05, 3.63) is 17.8 Å². The Morgan fingerprint density at radius 3 is 2.45 bits per heavy atom. The van der Waals surface area contributed by atoms with Crippen LogP contribution in [-0.2, 0) is 0 Å². The fourth-order valence-corrected chi connectivity index (χ4v) is 2.99. The highest BCUT2D eigenvalue weighted by Crippen LogP contribution is 2.27. The Morgan fingerprint density at radius 1 is 1.35 bits per heavy atom. The monoisotopic (exact) mass is 295 g/mol. The van der Waals surface area contributed by atoms with Crippen molar-refractivity contribution in [2.24, 2.45) is 5.73 Å². The Bertz CT molecular complexity index is 490. The Labute approximate surface area is 124 Å². The average Bonchev–Trinajstić information content (AvgIpc) is 2.78. The number of nitrogens with two attached hydrogens (primary N) is 1. The van der Waals surface area contributed by atoms with Gasteiger partial charge in [0.2, 0.25) is 5.76 Å². The van der Waals surface area contributed by atoms with E-state index in [1.807, 2.05) is 0 Å². The van der Waals surface area contributed by atoms with Gasteiger partial charge in [-0.15, -0.1) is 0 Å². The summed E-state index contributed by atoms with van der Waals surface area (Å²) >= 11 is 5.23. The molecule has 1 aromatic heterocycles. The molecule has 1 aromatic rings. The number of aromatic nitrogens is 1. The number of hydrogen-bond acceptors (Lipinski definition) is 4. The molecule has 2 rings (SSSR count). The second kappa shape index (κ2) is 6.35. The number of nitrogens with zero attached hydrogens (tertiary/aromatic N) is 1. The van der Waals surface area contributed by atoms with Crippen LogP contribution in [0.15, 0.2) is 10.8 Å². The van der Waals surface area contributed by atoms with Gasteiger partial charge in [-0.05, 0) is 19.8 Å². The van der Waals surface area contributed by atoms with Crippen molar-refractivity contribution in [2.75, 3.05) is 0 Å². The molecule has 110 valence electrons. The summed E-state index contributed by atoms with van der Waals surface area (Å²) in [4.78, 5) is 16.6. The van der Waals surface area contributed by atoms with Crippen LogP contribution in [0.3, 0.4) is 0 Å². The maximum absolute atomic E-state index is 12.3. The lowest BCUT2D eigenvalue weighted by molar-refractivity contribution is 0.0883. The predicted octanol–water partition coefficient (Wildman–Crippen LogP) is 2.48. The lowest BCUT2D eigenvalue weighted by Gasteiger charge is -2.35. The van der Waals surface area contributed by atoms with Crippen LogP contribution < -0.4 is 11.1 Å². The van der Waals surface area contributed by atoms with E-state index in [9.17, 15) is 4.79 Å². The molecule has 0 aromatic carbocycles. The highest BCUT2D eigenvalue weighted by molar-refractivity contribution is 7.80. The van der Waals surface area contributed by atoms with E-state index in [-0.39, 0.29) is 11.7 Å².